The van der Waals surface area contributed by atoms with Crippen LogP contribution in [-0.4, -0.2) is 84.3 Å². The van der Waals surface area contributed by atoms with Crippen LogP contribution in [-0.2, 0) is 47.6 Å². The third-order valence-corrected chi connectivity index (χ3v) is 5.61. The maximum Gasteiger partial charge on any atom is 0.303 e. The Bertz CT molecular complexity index is 1090. The molecular formula is C27H33N3O10. The number of nitrogens with zero attached hydrogens (tertiary/aromatic N) is 3. The quantitative estimate of drug-likeness (QED) is 0.212. The summed E-state index contributed by atoms with van der Waals surface area (Å²) >= 11 is 0. The summed E-state index contributed by atoms with van der Waals surface area (Å²) in [7, 11) is 0. The Labute approximate surface area is 231 Å². The number of rotatable bonds is 12. The van der Waals surface area contributed by atoms with Crippen molar-refractivity contribution in [1.82, 2.24) is 9.97 Å². The lowest BCUT2D eigenvalue weighted by Crippen LogP contribution is -2.63. The number of aromatic nitrogens is 2. The van der Waals surface area contributed by atoms with Crippen molar-refractivity contribution < 1.29 is 47.6 Å². The number of hydrogen-bond donors (Lipinski definition) is 0. The van der Waals surface area contributed by atoms with Gasteiger partial charge in [0.25, 0.3) is 0 Å². The summed E-state index contributed by atoms with van der Waals surface area (Å²) in [6.45, 7) is 4.94. The highest BCUT2D eigenvalue weighted by molar-refractivity contribution is 5.68. The van der Waals surface area contributed by atoms with E-state index in [2.05, 4.69) is 9.97 Å². The molecule has 0 aromatic carbocycles. The Hall–Kier alpha value is -4.10. The molecule has 13 nitrogen and oxygen atoms in total. The van der Waals surface area contributed by atoms with Crippen molar-refractivity contribution in [1.29, 1.82) is 0 Å². The maximum atomic E-state index is 12.0. The predicted octanol–water partition coefficient (Wildman–Crippen LogP) is 2.10. The summed E-state index contributed by atoms with van der Waals surface area (Å²) in [6, 6.07) is 11.1. The monoisotopic (exact) mass is 559 g/mol. The molecule has 2 aromatic heterocycles. The average Bonchev–Trinajstić information content (AvgIpc) is 2.91. The zero-order valence-electron chi connectivity index (χ0n) is 22.8. The van der Waals surface area contributed by atoms with Crippen LogP contribution in [0.25, 0.3) is 0 Å². The number of ether oxygens (including phenoxy) is 6. The fraction of sp³-hybridized carbons (Fsp3) is 0.481. The fourth-order valence-corrected chi connectivity index (χ4v) is 4.12. The normalized spacial score (nSPS) is 22.1. The van der Waals surface area contributed by atoms with Crippen LogP contribution < -0.4 is 4.90 Å². The van der Waals surface area contributed by atoms with Crippen molar-refractivity contribution in [2.75, 3.05) is 24.7 Å². The van der Waals surface area contributed by atoms with Crippen molar-refractivity contribution in [3.8, 4) is 0 Å². The van der Waals surface area contributed by atoms with Crippen LogP contribution in [0.1, 0.15) is 34.1 Å². The molecular weight excluding hydrogens is 526 g/mol. The van der Waals surface area contributed by atoms with E-state index < -0.39 is 54.6 Å². The fourth-order valence-electron chi connectivity index (χ4n) is 4.12. The first kappa shape index (κ1) is 30.4. The molecule has 0 amide bonds. The average molecular weight is 560 g/mol. The summed E-state index contributed by atoms with van der Waals surface area (Å²) in [5.41, 5.74) is 0. The molecule has 40 heavy (non-hydrogen) atoms. The molecule has 1 aliphatic rings. The van der Waals surface area contributed by atoms with Crippen LogP contribution in [0.3, 0.4) is 0 Å². The van der Waals surface area contributed by atoms with E-state index in [1.807, 2.05) is 41.3 Å². The summed E-state index contributed by atoms with van der Waals surface area (Å²) in [5, 5.41) is 0. The third kappa shape index (κ3) is 8.99. The highest BCUT2D eigenvalue weighted by Crippen LogP contribution is 2.30. The Kier molecular flexibility index (Phi) is 11.3. The topological polar surface area (TPSA) is 153 Å². The number of esters is 4. The molecule has 2 aromatic rings. The zero-order valence-corrected chi connectivity index (χ0v) is 22.8. The van der Waals surface area contributed by atoms with Gasteiger partial charge < -0.3 is 33.3 Å². The first-order chi connectivity index (χ1) is 19.2. The second-order valence-corrected chi connectivity index (χ2v) is 8.82. The van der Waals surface area contributed by atoms with Gasteiger partial charge in [-0.05, 0) is 30.7 Å². The van der Waals surface area contributed by atoms with Gasteiger partial charge in [0.2, 0.25) is 0 Å². The Morgan fingerprint density at radius 2 is 1.32 bits per heavy atom. The molecule has 0 spiro atoms. The molecule has 0 saturated carbocycles. The molecule has 1 saturated heterocycles. The van der Waals surface area contributed by atoms with E-state index in [0.29, 0.717) is 24.6 Å². The lowest BCUT2D eigenvalue weighted by Gasteiger charge is -2.44. The first-order valence-corrected chi connectivity index (χ1v) is 12.7. The minimum absolute atomic E-state index is 0.115. The van der Waals surface area contributed by atoms with E-state index in [9.17, 15) is 19.2 Å². The molecule has 13 heteroatoms. The molecule has 0 aliphatic carbocycles. The standard InChI is InChI=1S/C27H33N3O10/c1-17(31)36-16-21-24(37-18(2)32)25(38-19(3)33)26(39-20(4)34)27(40-21)35-15-9-14-30(22-10-5-7-12-28-22)23-11-6-8-13-29-23/h5-8,10-13,21,24-27H,9,14-16H2,1-4H3/t21-,24-,25+,26-,27-/m1/s1. The molecule has 1 fully saturated rings. The van der Waals surface area contributed by atoms with Gasteiger partial charge in [-0.25, -0.2) is 9.97 Å². The Morgan fingerprint density at radius 3 is 1.82 bits per heavy atom. The predicted molar refractivity (Wildman–Crippen MR) is 138 cm³/mol. The number of carbonyl (C=O) groups is 4. The second-order valence-electron chi connectivity index (χ2n) is 8.82. The first-order valence-electron chi connectivity index (χ1n) is 12.7. The Morgan fingerprint density at radius 1 is 0.775 bits per heavy atom. The summed E-state index contributed by atoms with van der Waals surface area (Å²) < 4.78 is 33.3. The van der Waals surface area contributed by atoms with E-state index in [4.69, 9.17) is 28.4 Å². The van der Waals surface area contributed by atoms with Gasteiger partial charge in [-0.2, -0.15) is 0 Å². The molecule has 216 valence electrons. The third-order valence-electron chi connectivity index (χ3n) is 5.61. The van der Waals surface area contributed by atoms with Gasteiger partial charge in [0.05, 0.1) is 6.61 Å². The van der Waals surface area contributed by atoms with Crippen molar-refractivity contribution in [2.24, 2.45) is 0 Å². The van der Waals surface area contributed by atoms with Gasteiger partial charge in [-0.3, -0.25) is 19.2 Å². The van der Waals surface area contributed by atoms with Gasteiger partial charge >= 0.3 is 23.9 Å². The number of anilines is 2. The smallest absolute Gasteiger partial charge is 0.303 e. The number of carbonyl (C=O) groups excluding carboxylic acids is 4. The highest BCUT2D eigenvalue weighted by Gasteiger charge is 2.52. The van der Waals surface area contributed by atoms with E-state index >= 15 is 0 Å². The van der Waals surface area contributed by atoms with Crippen LogP contribution in [0.4, 0.5) is 11.6 Å². The highest BCUT2D eigenvalue weighted by atomic mass is 16.7. The SMILES string of the molecule is CC(=O)OC[C@H]1O[C@@H](OCCCN(c2ccccn2)c2ccccn2)[C@H](OC(C)=O)[C@@H](OC(C)=O)[C@@H]1OC(C)=O. The van der Waals surface area contributed by atoms with Crippen LogP contribution in [0, 0.1) is 0 Å². The summed E-state index contributed by atoms with van der Waals surface area (Å²) in [5.74, 6) is -1.34. The van der Waals surface area contributed by atoms with Gasteiger partial charge in [-0.1, -0.05) is 12.1 Å². The van der Waals surface area contributed by atoms with Gasteiger partial charge in [-0.15, -0.1) is 0 Å². The molecule has 0 radical (unpaired) electrons. The van der Waals surface area contributed by atoms with E-state index in [0.717, 1.165) is 13.8 Å². The van der Waals surface area contributed by atoms with Crippen LogP contribution in [0.15, 0.2) is 48.8 Å². The van der Waals surface area contributed by atoms with Crippen LogP contribution in [0.2, 0.25) is 0 Å². The van der Waals surface area contributed by atoms with Crippen molar-refractivity contribution in [2.45, 2.75) is 64.8 Å². The van der Waals surface area contributed by atoms with E-state index in [1.165, 1.54) is 13.8 Å². The van der Waals surface area contributed by atoms with Crippen molar-refractivity contribution in [3.05, 3.63) is 48.8 Å². The number of pyridine rings is 2. The van der Waals surface area contributed by atoms with Crippen LogP contribution >= 0.6 is 0 Å². The van der Waals surface area contributed by atoms with Gasteiger partial charge in [0.15, 0.2) is 24.6 Å². The summed E-state index contributed by atoms with van der Waals surface area (Å²) in [4.78, 5) is 58.0. The summed E-state index contributed by atoms with van der Waals surface area (Å²) in [6.07, 6.45) is -2.30. The Balaban J connectivity index is 1.79. The lowest BCUT2D eigenvalue weighted by atomic mass is 9.98. The van der Waals surface area contributed by atoms with Crippen molar-refractivity contribution in [3.63, 3.8) is 0 Å². The lowest BCUT2D eigenvalue weighted by molar-refractivity contribution is -0.308. The molecule has 0 unspecified atom stereocenters. The zero-order chi connectivity index (χ0) is 29.1. The molecule has 0 N–H and O–H groups in total. The van der Waals surface area contributed by atoms with Crippen molar-refractivity contribution >= 4 is 35.5 Å². The minimum Gasteiger partial charge on any atom is -0.463 e. The van der Waals surface area contributed by atoms with Gasteiger partial charge in [0, 0.05) is 46.6 Å². The molecule has 3 rings (SSSR count). The minimum atomic E-state index is -1.29. The molecule has 5 atom stereocenters. The number of hydrogen-bond acceptors (Lipinski definition) is 13. The molecule has 1 aliphatic heterocycles. The van der Waals surface area contributed by atoms with Gasteiger partial charge in [0.1, 0.15) is 24.3 Å². The van der Waals surface area contributed by atoms with E-state index in [-0.39, 0.29) is 13.2 Å². The van der Waals surface area contributed by atoms with Crippen LogP contribution in [0.5, 0.6) is 0 Å². The maximum absolute atomic E-state index is 12.0. The molecule has 0 bridgehead atoms. The second kappa shape index (κ2) is 14.9. The van der Waals surface area contributed by atoms with E-state index in [1.54, 1.807) is 12.4 Å². The largest absolute Gasteiger partial charge is 0.463 e. The molecule has 3 heterocycles.